The second-order valence-electron chi connectivity index (χ2n) is 3.81. The Kier molecular flexibility index (Phi) is 3.88. The summed E-state index contributed by atoms with van der Waals surface area (Å²) in [5.74, 6) is 6.57. The molecular weight excluding hydrogens is 282 g/mol. The van der Waals surface area contributed by atoms with Crippen molar-refractivity contribution < 1.29 is 0 Å². The van der Waals surface area contributed by atoms with E-state index in [0.29, 0.717) is 0 Å². The molecule has 3 N–H and O–H groups in total. The number of hydrogen-bond acceptors (Lipinski definition) is 4. The van der Waals surface area contributed by atoms with Crippen molar-refractivity contribution in [3.05, 3.63) is 46.7 Å². The fourth-order valence-electron chi connectivity index (χ4n) is 1.67. The summed E-state index contributed by atoms with van der Waals surface area (Å²) in [5.41, 5.74) is 3.83. The van der Waals surface area contributed by atoms with Gasteiger partial charge in [0, 0.05) is 42.7 Å². The van der Waals surface area contributed by atoms with Crippen LogP contribution in [0.15, 0.2) is 35.3 Å². The Balaban J connectivity index is 2.20. The molecule has 0 aliphatic carbocycles. The van der Waals surface area contributed by atoms with Gasteiger partial charge in [0.15, 0.2) is 0 Å². The van der Waals surface area contributed by atoms with Gasteiger partial charge in [-0.15, -0.1) is 0 Å². The maximum absolute atomic E-state index is 5.59. The van der Waals surface area contributed by atoms with Crippen LogP contribution in [0.2, 0.25) is 0 Å². The molecule has 6 heteroatoms. The summed E-state index contributed by atoms with van der Waals surface area (Å²) in [6.07, 6.45) is 7.97. The lowest BCUT2D eigenvalue weighted by molar-refractivity contribution is 0.528. The van der Waals surface area contributed by atoms with Crippen molar-refractivity contribution in [2.45, 2.75) is 12.5 Å². The number of nitrogens with two attached hydrogens (primary N) is 1. The van der Waals surface area contributed by atoms with Gasteiger partial charge in [0.2, 0.25) is 0 Å². The van der Waals surface area contributed by atoms with E-state index >= 15 is 0 Å². The fourth-order valence-corrected chi connectivity index (χ4v) is 2.05. The second kappa shape index (κ2) is 5.39. The molecule has 1 unspecified atom stereocenters. The Morgan fingerprint density at radius 2 is 2.35 bits per heavy atom. The molecule has 0 bridgehead atoms. The van der Waals surface area contributed by atoms with Crippen LogP contribution in [-0.4, -0.2) is 14.5 Å². The topological polar surface area (TPSA) is 68.8 Å². The number of halogens is 1. The predicted octanol–water partition coefficient (Wildman–Crippen LogP) is 1.32. The summed E-state index contributed by atoms with van der Waals surface area (Å²) >= 11 is 3.40. The number of nitrogens with zero attached hydrogens (tertiary/aromatic N) is 3. The summed E-state index contributed by atoms with van der Waals surface area (Å²) in [7, 11) is 1.97. The first kappa shape index (κ1) is 12.2. The molecule has 0 spiro atoms. The van der Waals surface area contributed by atoms with Gasteiger partial charge in [-0.2, -0.15) is 0 Å². The highest BCUT2D eigenvalue weighted by Gasteiger charge is 2.13. The molecule has 2 aromatic heterocycles. The first-order valence-corrected chi connectivity index (χ1v) is 6.03. The van der Waals surface area contributed by atoms with Crippen molar-refractivity contribution in [3.63, 3.8) is 0 Å². The largest absolute Gasteiger partial charge is 0.338 e. The normalized spacial score (nSPS) is 12.6. The average Bonchev–Trinajstić information content (AvgIpc) is 2.71. The highest BCUT2D eigenvalue weighted by molar-refractivity contribution is 9.10. The third-order valence-corrected chi connectivity index (χ3v) is 3.07. The van der Waals surface area contributed by atoms with Gasteiger partial charge in [0.05, 0.1) is 6.04 Å². The molecule has 0 fully saturated rings. The highest BCUT2D eigenvalue weighted by atomic mass is 79.9. The van der Waals surface area contributed by atoms with Crippen molar-refractivity contribution >= 4 is 15.9 Å². The van der Waals surface area contributed by atoms with Gasteiger partial charge in [-0.05, 0) is 27.6 Å². The van der Waals surface area contributed by atoms with Crippen molar-refractivity contribution in [2.75, 3.05) is 0 Å². The maximum atomic E-state index is 5.59. The molecule has 17 heavy (non-hydrogen) atoms. The van der Waals surface area contributed by atoms with Crippen LogP contribution in [0.5, 0.6) is 0 Å². The monoisotopic (exact) mass is 295 g/mol. The standard InChI is InChI=1S/C11H14BrN5/c1-17-3-2-15-11(17)5-10(16-13)8-4-9(12)7-14-6-8/h2-4,6-7,10,16H,5,13H2,1H3. The van der Waals surface area contributed by atoms with Crippen molar-refractivity contribution in [3.8, 4) is 0 Å². The van der Waals surface area contributed by atoms with Crippen LogP contribution in [-0.2, 0) is 13.5 Å². The van der Waals surface area contributed by atoms with Gasteiger partial charge in [-0.25, -0.2) is 4.98 Å². The maximum Gasteiger partial charge on any atom is 0.110 e. The quantitative estimate of drug-likeness (QED) is 0.659. The molecule has 90 valence electrons. The van der Waals surface area contributed by atoms with Crippen molar-refractivity contribution in [1.29, 1.82) is 0 Å². The number of pyridine rings is 1. The minimum atomic E-state index is 0.00102. The molecule has 1 atom stereocenters. The Morgan fingerprint density at radius 3 is 2.94 bits per heavy atom. The molecule has 0 aliphatic rings. The predicted molar refractivity (Wildman–Crippen MR) is 68.9 cm³/mol. The van der Waals surface area contributed by atoms with Crippen LogP contribution >= 0.6 is 15.9 Å². The van der Waals surface area contributed by atoms with Gasteiger partial charge in [-0.1, -0.05) is 0 Å². The molecule has 2 heterocycles. The SMILES string of the molecule is Cn1ccnc1CC(NN)c1cncc(Br)c1. The van der Waals surface area contributed by atoms with E-state index in [1.807, 2.05) is 23.9 Å². The van der Waals surface area contributed by atoms with E-state index in [4.69, 9.17) is 5.84 Å². The van der Waals surface area contributed by atoms with Crippen LogP contribution in [0.25, 0.3) is 0 Å². The molecule has 0 aromatic carbocycles. The number of hydrogen-bond donors (Lipinski definition) is 2. The number of aryl methyl sites for hydroxylation is 1. The lowest BCUT2D eigenvalue weighted by Crippen LogP contribution is -2.30. The molecule has 2 rings (SSSR count). The van der Waals surface area contributed by atoms with Crippen LogP contribution < -0.4 is 11.3 Å². The summed E-state index contributed by atoms with van der Waals surface area (Å²) in [5, 5.41) is 0. The van der Waals surface area contributed by atoms with Crippen LogP contribution in [0.3, 0.4) is 0 Å². The first-order chi connectivity index (χ1) is 8.20. The third-order valence-electron chi connectivity index (χ3n) is 2.64. The number of rotatable bonds is 4. The van der Waals surface area contributed by atoms with E-state index in [-0.39, 0.29) is 6.04 Å². The molecule has 0 radical (unpaired) electrons. The lowest BCUT2D eigenvalue weighted by Gasteiger charge is -2.15. The Bertz CT molecular complexity index is 496. The highest BCUT2D eigenvalue weighted by Crippen LogP contribution is 2.19. The van der Waals surface area contributed by atoms with Gasteiger partial charge < -0.3 is 4.57 Å². The Hall–Kier alpha value is -1.24. The van der Waals surface area contributed by atoms with E-state index in [9.17, 15) is 0 Å². The summed E-state index contributed by atoms with van der Waals surface area (Å²) in [6, 6.07) is 2.00. The van der Waals surface area contributed by atoms with E-state index in [0.717, 1.165) is 22.3 Å². The number of imidazole rings is 1. The molecular formula is C11H14BrN5. The smallest absolute Gasteiger partial charge is 0.110 e. The third kappa shape index (κ3) is 2.91. The zero-order valence-corrected chi connectivity index (χ0v) is 11.1. The number of hydrazine groups is 1. The average molecular weight is 296 g/mol. The first-order valence-electron chi connectivity index (χ1n) is 5.23. The Morgan fingerprint density at radius 1 is 1.53 bits per heavy atom. The number of nitrogens with one attached hydrogen (secondary N) is 1. The van der Waals surface area contributed by atoms with Crippen LogP contribution in [0.1, 0.15) is 17.4 Å². The molecule has 0 saturated carbocycles. The molecule has 5 nitrogen and oxygen atoms in total. The lowest BCUT2D eigenvalue weighted by atomic mass is 10.1. The van der Waals surface area contributed by atoms with E-state index in [1.54, 1.807) is 18.6 Å². The minimum absolute atomic E-state index is 0.00102. The molecule has 0 saturated heterocycles. The second-order valence-corrected chi connectivity index (χ2v) is 4.73. The Labute approximate surface area is 108 Å². The minimum Gasteiger partial charge on any atom is -0.338 e. The van der Waals surface area contributed by atoms with Crippen LogP contribution in [0.4, 0.5) is 0 Å². The van der Waals surface area contributed by atoms with E-state index in [1.165, 1.54) is 0 Å². The summed E-state index contributed by atoms with van der Waals surface area (Å²) in [6.45, 7) is 0. The zero-order valence-electron chi connectivity index (χ0n) is 9.47. The molecule has 0 amide bonds. The van der Waals surface area contributed by atoms with Gasteiger partial charge in [-0.3, -0.25) is 16.3 Å². The summed E-state index contributed by atoms with van der Waals surface area (Å²) < 4.78 is 2.92. The summed E-state index contributed by atoms with van der Waals surface area (Å²) in [4.78, 5) is 8.42. The van der Waals surface area contributed by atoms with Gasteiger partial charge in [0.1, 0.15) is 5.82 Å². The molecule has 0 aliphatic heterocycles. The van der Waals surface area contributed by atoms with Gasteiger partial charge >= 0.3 is 0 Å². The number of aromatic nitrogens is 3. The fraction of sp³-hybridized carbons (Fsp3) is 0.273. The van der Waals surface area contributed by atoms with Crippen molar-refractivity contribution in [2.24, 2.45) is 12.9 Å². The molecule has 2 aromatic rings. The zero-order chi connectivity index (χ0) is 12.3. The van der Waals surface area contributed by atoms with Gasteiger partial charge in [0.25, 0.3) is 0 Å². The van der Waals surface area contributed by atoms with Crippen molar-refractivity contribution in [1.82, 2.24) is 20.0 Å². The van der Waals surface area contributed by atoms with E-state index in [2.05, 4.69) is 31.3 Å². The van der Waals surface area contributed by atoms with E-state index < -0.39 is 0 Å². The van der Waals surface area contributed by atoms with Crippen LogP contribution in [0, 0.1) is 0 Å².